The van der Waals surface area contributed by atoms with Crippen molar-refractivity contribution in [1.82, 2.24) is 5.32 Å². The molecule has 0 aliphatic heterocycles. The van der Waals surface area contributed by atoms with Crippen LogP contribution in [0.2, 0.25) is 0 Å². The molecule has 0 saturated heterocycles. The second-order valence-electron chi connectivity index (χ2n) is 2.70. The van der Waals surface area contributed by atoms with E-state index in [9.17, 15) is 9.59 Å². The summed E-state index contributed by atoms with van der Waals surface area (Å²) < 4.78 is 0. The van der Waals surface area contributed by atoms with Gasteiger partial charge in [0.1, 0.15) is 6.04 Å². The van der Waals surface area contributed by atoms with Crippen LogP contribution in [0.4, 0.5) is 0 Å². The average molecular weight is 190 g/mol. The lowest BCUT2D eigenvalue weighted by Gasteiger charge is -2.14. The van der Waals surface area contributed by atoms with Crippen molar-refractivity contribution in [1.29, 1.82) is 0 Å². The molecule has 1 amide bonds. The highest BCUT2D eigenvalue weighted by Crippen LogP contribution is 1.92. The zero-order valence-electron chi connectivity index (χ0n) is 7.36. The van der Waals surface area contributed by atoms with Crippen LogP contribution in [0.3, 0.4) is 0 Å². The lowest BCUT2D eigenvalue weighted by Crippen LogP contribution is -2.47. The Bertz CT molecular complexity index is 193. The van der Waals surface area contributed by atoms with Crippen LogP contribution in [-0.2, 0) is 9.59 Å². The first-order chi connectivity index (χ1) is 5.99. The summed E-state index contributed by atoms with van der Waals surface area (Å²) in [5.74, 6) is -1.72. The monoisotopic (exact) mass is 190 g/mol. The Morgan fingerprint density at radius 1 is 1.54 bits per heavy atom. The lowest BCUT2D eigenvalue weighted by atomic mass is 10.2. The van der Waals surface area contributed by atoms with E-state index in [-0.39, 0.29) is 13.0 Å². The SMILES string of the molecule is CC(N)C(=O)N[C@@H](CCO)C(=O)O. The highest BCUT2D eigenvalue weighted by molar-refractivity contribution is 5.86. The molecule has 0 bridgehead atoms. The number of rotatable bonds is 5. The van der Waals surface area contributed by atoms with Crippen molar-refractivity contribution in [2.24, 2.45) is 5.73 Å². The third-order valence-corrected chi connectivity index (χ3v) is 1.45. The third-order valence-electron chi connectivity index (χ3n) is 1.45. The highest BCUT2D eigenvalue weighted by Gasteiger charge is 2.20. The molecule has 6 heteroatoms. The average Bonchev–Trinajstić information content (AvgIpc) is 2.03. The van der Waals surface area contributed by atoms with E-state index < -0.39 is 24.0 Å². The van der Waals surface area contributed by atoms with Gasteiger partial charge in [-0.1, -0.05) is 0 Å². The van der Waals surface area contributed by atoms with Crippen molar-refractivity contribution in [2.45, 2.75) is 25.4 Å². The largest absolute Gasteiger partial charge is 0.480 e. The minimum Gasteiger partial charge on any atom is -0.480 e. The molecule has 0 aromatic carbocycles. The molecule has 0 aromatic heterocycles. The zero-order chi connectivity index (χ0) is 10.4. The number of carboxylic acid groups (broad SMARTS) is 1. The number of nitrogens with two attached hydrogens (primary N) is 1. The normalized spacial score (nSPS) is 14.7. The van der Waals surface area contributed by atoms with Crippen LogP contribution >= 0.6 is 0 Å². The van der Waals surface area contributed by atoms with Gasteiger partial charge in [0, 0.05) is 13.0 Å². The first-order valence-electron chi connectivity index (χ1n) is 3.88. The van der Waals surface area contributed by atoms with Crippen molar-refractivity contribution in [3.63, 3.8) is 0 Å². The number of aliphatic hydroxyl groups excluding tert-OH is 1. The molecular formula is C7H14N2O4. The summed E-state index contributed by atoms with van der Waals surface area (Å²) in [6, 6.07) is -1.82. The van der Waals surface area contributed by atoms with Gasteiger partial charge >= 0.3 is 5.97 Å². The van der Waals surface area contributed by atoms with Crippen LogP contribution in [-0.4, -0.2) is 40.8 Å². The smallest absolute Gasteiger partial charge is 0.326 e. The first-order valence-corrected chi connectivity index (χ1v) is 3.88. The summed E-state index contributed by atoms with van der Waals surface area (Å²) in [5.41, 5.74) is 5.21. The van der Waals surface area contributed by atoms with Crippen molar-refractivity contribution >= 4 is 11.9 Å². The van der Waals surface area contributed by atoms with Crippen molar-refractivity contribution in [3.8, 4) is 0 Å². The van der Waals surface area contributed by atoms with E-state index >= 15 is 0 Å². The highest BCUT2D eigenvalue weighted by atomic mass is 16.4. The predicted molar refractivity (Wildman–Crippen MR) is 44.9 cm³/mol. The molecule has 0 rings (SSSR count). The van der Waals surface area contributed by atoms with E-state index in [0.717, 1.165) is 0 Å². The van der Waals surface area contributed by atoms with Crippen LogP contribution in [0.15, 0.2) is 0 Å². The van der Waals surface area contributed by atoms with Gasteiger partial charge in [-0.3, -0.25) is 4.79 Å². The third kappa shape index (κ3) is 4.44. The Labute approximate surface area is 75.7 Å². The van der Waals surface area contributed by atoms with Gasteiger partial charge in [0.2, 0.25) is 5.91 Å². The second-order valence-corrected chi connectivity index (χ2v) is 2.70. The number of nitrogens with one attached hydrogen (secondary N) is 1. The summed E-state index contributed by atoms with van der Waals surface area (Å²) in [5, 5.41) is 19.3. The molecule has 5 N–H and O–H groups in total. The first kappa shape index (κ1) is 11.9. The van der Waals surface area contributed by atoms with Crippen LogP contribution in [0.5, 0.6) is 0 Å². The van der Waals surface area contributed by atoms with Gasteiger partial charge in [-0.2, -0.15) is 0 Å². The Hall–Kier alpha value is -1.14. The van der Waals surface area contributed by atoms with Gasteiger partial charge in [0.05, 0.1) is 6.04 Å². The number of hydrogen-bond donors (Lipinski definition) is 4. The number of amides is 1. The van der Waals surface area contributed by atoms with Gasteiger partial charge in [0.15, 0.2) is 0 Å². The number of carbonyl (C=O) groups is 2. The fourth-order valence-corrected chi connectivity index (χ4v) is 0.690. The topological polar surface area (TPSA) is 113 Å². The molecule has 0 aromatic rings. The summed E-state index contributed by atoms with van der Waals surface area (Å²) in [7, 11) is 0. The van der Waals surface area contributed by atoms with Gasteiger partial charge in [-0.25, -0.2) is 4.79 Å². The van der Waals surface area contributed by atoms with Gasteiger partial charge in [0.25, 0.3) is 0 Å². The second kappa shape index (κ2) is 5.50. The van der Waals surface area contributed by atoms with Crippen LogP contribution < -0.4 is 11.1 Å². The molecule has 1 unspecified atom stereocenters. The molecule has 0 fully saturated rings. The molecule has 0 aliphatic carbocycles. The number of carbonyl (C=O) groups excluding carboxylic acids is 1. The number of carboxylic acids is 1. The maximum atomic E-state index is 11.0. The summed E-state index contributed by atoms with van der Waals surface area (Å²) in [6.45, 7) is 1.16. The molecular weight excluding hydrogens is 176 g/mol. The maximum absolute atomic E-state index is 11.0. The Morgan fingerprint density at radius 3 is 2.38 bits per heavy atom. The van der Waals surface area contributed by atoms with Gasteiger partial charge < -0.3 is 21.3 Å². The molecule has 0 heterocycles. The fourth-order valence-electron chi connectivity index (χ4n) is 0.690. The lowest BCUT2D eigenvalue weighted by molar-refractivity contribution is -0.142. The van der Waals surface area contributed by atoms with Gasteiger partial charge in [-0.05, 0) is 6.92 Å². The number of hydrogen-bond acceptors (Lipinski definition) is 4. The van der Waals surface area contributed by atoms with Crippen LogP contribution in [0.1, 0.15) is 13.3 Å². The van der Waals surface area contributed by atoms with E-state index in [0.29, 0.717) is 0 Å². The molecule has 2 atom stereocenters. The van der Waals surface area contributed by atoms with E-state index in [1.165, 1.54) is 6.92 Å². The Morgan fingerprint density at radius 2 is 2.08 bits per heavy atom. The predicted octanol–water partition coefficient (Wildman–Crippen LogP) is -1.71. The molecule has 0 radical (unpaired) electrons. The summed E-state index contributed by atoms with van der Waals surface area (Å²) >= 11 is 0. The van der Waals surface area contributed by atoms with Crippen LogP contribution in [0.25, 0.3) is 0 Å². The van der Waals surface area contributed by atoms with Gasteiger partial charge in [-0.15, -0.1) is 0 Å². The van der Waals surface area contributed by atoms with Crippen LogP contribution in [0, 0.1) is 0 Å². The standard InChI is InChI=1S/C7H14N2O4/c1-4(8)6(11)9-5(2-3-10)7(12)13/h4-5,10H,2-3,8H2,1H3,(H,9,11)(H,12,13)/t4?,5-/m0/s1. The van der Waals surface area contributed by atoms with E-state index in [4.69, 9.17) is 15.9 Å². The molecule has 6 nitrogen and oxygen atoms in total. The molecule has 0 spiro atoms. The van der Waals surface area contributed by atoms with E-state index in [1.807, 2.05) is 0 Å². The minimum atomic E-state index is -1.18. The summed E-state index contributed by atoms with van der Waals surface area (Å²) in [6.07, 6.45) is -0.0200. The maximum Gasteiger partial charge on any atom is 0.326 e. The van der Waals surface area contributed by atoms with E-state index in [1.54, 1.807) is 0 Å². The Balaban J connectivity index is 4.10. The molecule has 13 heavy (non-hydrogen) atoms. The number of aliphatic hydroxyl groups is 1. The van der Waals surface area contributed by atoms with Crippen molar-refractivity contribution in [2.75, 3.05) is 6.61 Å². The zero-order valence-corrected chi connectivity index (χ0v) is 7.36. The van der Waals surface area contributed by atoms with Crippen molar-refractivity contribution < 1.29 is 19.8 Å². The summed E-state index contributed by atoms with van der Waals surface area (Å²) in [4.78, 5) is 21.4. The molecule has 0 saturated carbocycles. The molecule has 0 aliphatic rings. The Kier molecular flexibility index (Phi) is 5.01. The minimum absolute atomic E-state index is 0.0200. The molecule has 76 valence electrons. The number of aliphatic carboxylic acids is 1. The van der Waals surface area contributed by atoms with Crippen molar-refractivity contribution in [3.05, 3.63) is 0 Å². The fraction of sp³-hybridized carbons (Fsp3) is 0.714. The van der Waals surface area contributed by atoms with E-state index in [2.05, 4.69) is 5.32 Å². The quantitative estimate of drug-likeness (QED) is 0.412.